The van der Waals surface area contributed by atoms with E-state index in [9.17, 15) is 4.39 Å². The third kappa shape index (κ3) is 4.24. The van der Waals surface area contributed by atoms with Gasteiger partial charge in [0.05, 0.1) is 6.54 Å². The van der Waals surface area contributed by atoms with Crippen molar-refractivity contribution in [2.24, 2.45) is 5.73 Å². The van der Waals surface area contributed by atoms with E-state index >= 15 is 0 Å². The summed E-state index contributed by atoms with van der Waals surface area (Å²) in [6, 6.07) is 5.60. The molecule has 4 heteroatoms. The zero-order valence-electron chi connectivity index (χ0n) is 11.2. The third-order valence-electron chi connectivity index (χ3n) is 3.25. The van der Waals surface area contributed by atoms with Crippen molar-refractivity contribution in [1.82, 2.24) is 4.90 Å². The zero-order chi connectivity index (χ0) is 13.7. The molecule has 1 saturated heterocycles. The molecule has 0 aliphatic carbocycles. The molecule has 2 N–H and O–H groups in total. The molecule has 0 spiro atoms. The molecule has 1 unspecified atom stereocenters. The average Bonchev–Trinajstić information content (AvgIpc) is 2.89. The van der Waals surface area contributed by atoms with E-state index in [1.54, 1.807) is 6.07 Å². The van der Waals surface area contributed by atoms with E-state index in [1.807, 2.05) is 17.8 Å². The summed E-state index contributed by atoms with van der Waals surface area (Å²) < 4.78 is 13.6. The summed E-state index contributed by atoms with van der Waals surface area (Å²) in [7, 11) is 2.10. The topological polar surface area (TPSA) is 29.3 Å². The molecule has 0 aromatic heterocycles. The van der Waals surface area contributed by atoms with Crippen LogP contribution in [-0.4, -0.2) is 36.0 Å². The predicted molar refractivity (Wildman–Crippen MR) is 79.5 cm³/mol. The van der Waals surface area contributed by atoms with Gasteiger partial charge in [-0.2, -0.15) is 11.8 Å². The molecule has 0 amide bonds. The lowest BCUT2D eigenvalue weighted by Crippen LogP contribution is -2.30. The van der Waals surface area contributed by atoms with E-state index in [0.29, 0.717) is 18.2 Å². The highest BCUT2D eigenvalue weighted by Crippen LogP contribution is 2.23. The van der Waals surface area contributed by atoms with Crippen LogP contribution in [0.1, 0.15) is 17.5 Å². The monoisotopic (exact) mass is 278 g/mol. The fourth-order valence-electron chi connectivity index (χ4n) is 2.25. The summed E-state index contributed by atoms with van der Waals surface area (Å²) in [5, 5.41) is 0. The van der Waals surface area contributed by atoms with Gasteiger partial charge >= 0.3 is 0 Å². The smallest absolute Gasteiger partial charge is 0.124 e. The molecule has 0 radical (unpaired) electrons. The van der Waals surface area contributed by atoms with Crippen LogP contribution in [0, 0.1) is 17.7 Å². The molecule has 1 aliphatic rings. The number of hydrogen-bond acceptors (Lipinski definition) is 3. The Morgan fingerprint density at radius 1 is 1.47 bits per heavy atom. The Bertz CT molecular complexity index is 487. The van der Waals surface area contributed by atoms with Gasteiger partial charge in [-0.15, -0.1) is 0 Å². The normalized spacial score (nSPS) is 18.4. The standard InChI is InChI=1S/C15H19FN2S/c1-18(15-4-6-19-11-15)10-13-7-12(3-2-5-17)8-14(16)9-13/h7-9,15H,4-6,10-11,17H2,1H3. The van der Waals surface area contributed by atoms with Crippen LogP contribution in [-0.2, 0) is 6.54 Å². The number of hydrogen-bond donors (Lipinski definition) is 1. The average molecular weight is 278 g/mol. The van der Waals surface area contributed by atoms with Crippen molar-refractivity contribution in [3.05, 3.63) is 35.1 Å². The lowest BCUT2D eigenvalue weighted by molar-refractivity contribution is 0.254. The van der Waals surface area contributed by atoms with E-state index in [-0.39, 0.29) is 5.82 Å². The van der Waals surface area contributed by atoms with Crippen molar-refractivity contribution in [2.45, 2.75) is 19.0 Å². The highest BCUT2D eigenvalue weighted by Gasteiger charge is 2.20. The molecule has 102 valence electrons. The molecule has 2 nitrogen and oxygen atoms in total. The van der Waals surface area contributed by atoms with E-state index in [0.717, 1.165) is 12.1 Å². The van der Waals surface area contributed by atoms with Gasteiger partial charge in [-0.05, 0) is 43.0 Å². The first-order chi connectivity index (χ1) is 9.19. The fourth-order valence-corrected chi connectivity index (χ4v) is 3.55. The van der Waals surface area contributed by atoms with E-state index in [1.165, 1.54) is 24.0 Å². The molecule has 0 saturated carbocycles. The largest absolute Gasteiger partial charge is 0.320 e. The van der Waals surface area contributed by atoms with Crippen molar-refractivity contribution in [3.63, 3.8) is 0 Å². The number of halogens is 1. The van der Waals surface area contributed by atoms with Gasteiger partial charge in [-0.3, -0.25) is 4.90 Å². The zero-order valence-corrected chi connectivity index (χ0v) is 12.0. The van der Waals surface area contributed by atoms with Crippen LogP contribution in [0.2, 0.25) is 0 Å². The minimum atomic E-state index is -0.229. The van der Waals surface area contributed by atoms with E-state index in [4.69, 9.17) is 5.73 Å². The van der Waals surface area contributed by atoms with Gasteiger partial charge in [-0.1, -0.05) is 11.8 Å². The van der Waals surface area contributed by atoms with Crippen LogP contribution >= 0.6 is 11.8 Å². The van der Waals surface area contributed by atoms with E-state index < -0.39 is 0 Å². The Hall–Kier alpha value is -1.02. The minimum absolute atomic E-state index is 0.229. The highest BCUT2D eigenvalue weighted by atomic mass is 32.2. The summed E-state index contributed by atoms with van der Waals surface area (Å²) in [5.74, 6) is 7.82. The van der Waals surface area contributed by atoms with Crippen molar-refractivity contribution in [1.29, 1.82) is 0 Å². The van der Waals surface area contributed by atoms with Gasteiger partial charge in [0, 0.05) is 23.9 Å². The molecule has 1 heterocycles. The second-order valence-electron chi connectivity index (χ2n) is 4.79. The van der Waals surface area contributed by atoms with Crippen LogP contribution in [0.15, 0.2) is 18.2 Å². The maximum atomic E-state index is 13.6. The minimum Gasteiger partial charge on any atom is -0.320 e. The molecule has 1 aliphatic heterocycles. The van der Waals surface area contributed by atoms with Crippen molar-refractivity contribution in [3.8, 4) is 11.8 Å². The number of thioether (sulfide) groups is 1. The van der Waals surface area contributed by atoms with Gasteiger partial charge in [0.2, 0.25) is 0 Å². The SMILES string of the molecule is CN(Cc1cc(F)cc(C#CCN)c1)C1CCSC1. The van der Waals surface area contributed by atoms with Crippen LogP contribution in [0.3, 0.4) is 0 Å². The summed E-state index contributed by atoms with van der Waals surface area (Å²) in [5.41, 5.74) is 7.01. The maximum absolute atomic E-state index is 13.6. The number of benzene rings is 1. The molecule has 19 heavy (non-hydrogen) atoms. The van der Waals surface area contributed by atoms with Crippen molar-refractivity contribution >= 4 is 11.8 Å². The van der Waals surface area contributed by atoms with Crippen LogP contribution in [0.4, 0.5) is 4.39 Å². The molecule has 1 fully saturated rings. The van der Waals surface area contributed by atoms with Gasteiger partial charge in [0.15, 0.2) is 0 Å². The summed E-state index contributed by atoms with van der Waals surface area (Å²) in [6.45, 7) is 1.06. The molecular weight excluding hydrogens is 259 g/mol. The lowest BCUT2D eigenvalue weighted by atomic mass is 10.1. The second-order valence-corrected chi connectivity index (χ2v) is 5.94. The molecule has 1 aromatic rings. The number of rotatable bonds is 3. The van der Waals surface area contributed by atoms with Gasteiger partial charge in [0.25, 0.3) is 0 Å². The summed E-state index contributed by atoms with van der Waals surface area (Å²) in [6.07, 6.45) is 1.22. The Kier molecular flexibility index (Phi) is 5.26. The second kappa shape index (κ2) is 6.95. The van der Waals surface area contributed by atoms with Crippen LogP contribution in [0.25, 0.3) is 0 Å². The van der Waals surface area contributed by atoms with Crippen molar-refractivity contribution < 1.29 is 4.39 Å². The molecule has 1 atom stereocenters. The van der Waals surface area contributed by atoms with Crippen LogP contribution in [0.5, 0.6) is 0 Å². The Balaban J connectivity index is 2.08. The van der Waals surface area contributed by atoms with Crippen molar-refractivity contribution in [2.75, 3.05) is 25.1 Å². The molecule has 0 bridgehead atoms. The first-order valence-corrected chi connectivity index (χ1v) is 7.61. The lowest BCUT2D eigenvalue weighted by Gasteiger charge is -2.23. The molecule has 1 aromatic carbocycles. The molecular formula is C15H19FN2S. The number of nitrogens with two attached hydrogens (primary N) is 1. The van der Waals surface area contributed by atoms with Gasteiger partial charge in [0.1, 0.15) is 5.82 Å². The Labute approximate surface area is 118 Å². The first kappa shape index (κ1) is 14.4. The Morgan fingerprint density at radius 3 is 3.00 bits per heavy atom. The number of nitrogens with zero attached hydrogens (tertiary/aromatic N) is 1. The summed E-state index contributed by atoms with van der Waals surface area (Å²) in [4.78, 5) is 2.30. The van der Waals surface area contributed by atoms with Gasteiger partial charge in [-0.25, -0.2) is 4.39 Å². The highest BCUT2D eigenvalue weighted by molar-refractivity contribution is 7.99. The Morgan fingerprint density at radius 2 is 2.32 bits per heavy atom. The van der Waals surface area contributed by atoms with E-state index in [2.05, 4.69) is 23.8 Å². The predicted octanol–water partition coefficient (Wildman–Crippen LogP) is 2.07. The maximum Gasteiger partial charge on any atom is 0.124 e. The van der Waals surface area contributed by atoms with Gasteiger partial charge < -0.3 is 5.73 Å². The van der Waals surface area contributed by atoms with Crippen LogP contribution < -0.4 is 5.73 Å². The third-order valence-corrected chi connectivity index (χ3v) is 4.40. The summed E-state index contributed by atoms with van der Waals surface area (Å²) >= 11 is 1.99. The fraction of sp³-hybridized carbons (Fsp3) is 0.467. The first-order valence-electron chi connectivity index (χ1n) is 6.45. The quantitative estimate of drug-likeness (QED) is 0.858. The molecule has 2 rings (SSSR count).